The van der Waals surface area contributed by atoms with Crippen LogP contribution in [-0.4, -0.2) is 22.3 Å². The molecule has 76 valence electrons. The van der Waals surface area contributed by atoms with Crippen LogP contribution in [0.1, 0.15) is 17.1 Å². The van der Waals surface area contributed by atoms with Gasteiger partial charge in [-0.05, 0) is 6.92 Å². The second-order valence-corrected chi connectivity index (χ2v) is 4.12. The molecule has 0 aliphatic rings. The third-order valence-electron chi connectivity index (χ3n) is 1.77. The number of aromatic nitrogens is 1. The molecule has 1 aromatic rings. The minimum absolute atomic E-state index is 0.125. The number of hydrogen-bond acceptors (Lipinski definition) is 4. The number of hydrogen-bond donors (Lipinski definition) is 1. The lowest BCUT2D eigenvalue weighted by Crippen LogP contribution is -2.12. The molecule has 0 bridgehead atoms. The molecular weight excluding hydrogens is 202 g/mol. The molecule has 0 saturated heterocycles. The first-order valence-corrected chi connectivity index (χ1v) is 5.08. The fourth-order valence-electron chi connectivity index (χ4n) is 1.16. The molecule has 0 aliphatic heterocycles. The standard InChI is InChI=1S/C9H11NO3S/c1-6-10-8(5-14-6)2-7(4-11)3-9(12)13/h4-5,7H,2-3H2,1H3,(H,12,13). The molecule has 0 fully saturated rings. The summed E-state index contributed by atoms with van der Waals surface area (Å²) in [6.45, 7) is 1.88. The minimum Gasteiger partial charge on any atom is -0.481 e. The van der Waals surface area contributed by atoms with Crippen LogP contribution in [-0.2, 0) is 16.0 Å². The maximum atomic E-state index is 10.6. The minimum atomic E-state index is -0.950. The van der Waals surface area contributed by atoms with Gasteiger partial charge in [0, 0.05) is 17.7 Å². The zero-order valence-electron chi connectivity index (χ0n) is 7.77. The van der Waals surface area contributed by atoms with Gasteiger partial charge in [0.05, 0.1) is 17.1 Å². The van der Waals surface area contributed by atoms with Gasteiger partial charge in [-0.3, -0.25) is 4.79 Å². The summed E-state index contributed by atoms with van der Waals surface area (Å²) in [7, 11) is 0. The normalized spacial score (nSPS) is 12.4. The van der Waals surface area contributed by atoms with Crippen molar-refractivity contribution in [3.63, 3.8) is 0 Å². The fourth-order valence-corrected chi connectivity index (χ4v) is 1.79. The highest BCUT2D eigenvalue weighted by Crippen LogP contribution is 2.13. The Bertz CT molecular complexity index is 335. The van der Waals surface area contributed by atoms with Gasteiger partial charge in [-0.15, -0.1) is 11.3 Å². The van der Waals surface area contributed by atoms with Gasteiger partial charge in [-0.1, -0.05) is 0 Å². The molecule has 0 aromatic carbocycles. The highest BCUT2D eigenvalue weighted by molar-refractivity contribution is 7.09. The molecule has 0 saturated carbocycles. The smallest absolute Gasteiger partial charge is 0.304 e. The molecule has 1 aromatic heterocycles. The predicted octanol–water partition coefficient (Wildman–Crippen LogP) is 1.28. The molecule has 1 atom stereocenters. The number of carboxylic acids is 1. The van der Waals surface area contributed by atoms with Crippen molar-refractivity contribution in [2.75, 3.05) is 0 Å². The number of carbonyl (C=O) groups excluding carboxylic acids is 1. The van der Waals surface area contributed by atoms with E-state index < -0.39 is 11.9 Å². The van der Waals surface area contributed by atoms with Crippen molar-refractivity contribution in [1.29, 1.82) is 0 Å². The first-order valence-electron chi connectivity index (χ1n) is 4.20. The van der Waals surface area contributed by atoms with Crippen molar-refractivity contribution in [2.24, 2.45) is 5.92 Å². The van der Waals surface area contributed by atoms with E-state index in [2.05, 4.69) is 4.98 Å². The lowest BCUT2D eigenvalue weighted by atomic mass is 10.0. The number of thiazole rings is 1. The Balaban J connectivity index is 2.56. The van der Waals surface area contributed by atoms with Crippen LogP contribution in [0.5, 0.6) is 0 Å². The van der Waals surface area contributed by atoms with Crippen LogP contribution < -0.4 is 0 Å². The Morgan fingerprint density at radius 1 is 1.79 bits per heavy atom. The lowest BCUT2D eigenvalue weighted by Gasteiger charge is -2.03. The molecule has 4 nitrogen and oxygen atoms in total. The first-order chi connectivity index (χ1) is 6.61. The molecular formula is C9H11NO3S. The molecule has 0 amide bonds. The average molecular weight is 213 g/mol. The Kier molecular flexibility index (Phi) is 3.76. The molecule has 0 radical (unpaired) electrons. The van der Waals surface area contributed by atoms with Crippen LogP contribution in [0.2, 0.25) is 0 Å². The van der Waals surface area contributed by atoms with Crippen LogP contribution in [0.25, 0.3) is 0 Å². The number of nitrogens with zero attached hydrogens (tertiary/aromatic N) is 1. The third kappa shape index (κ3) is 3.26. The third-order valence-corrected chi connectivity index (χ3v) is 2.59. The van der Waals surface area contributed by atoms with Gasteiger partial charge in [-0.25, -0.2) is 4.98 Å². The van der Waals surface area contributed by atoms with Crippen LogP contribution in [0.3, 0.4) is 0 Å². The van der Waals surface area contributed by atoms with Crippen molar-refractivity contribution >= 4 is 23.6 Å². The highest BCUT2D eigenvalue weighted by Gasteiger charge is 2.14. The Morgan fingerprint density at radius 2 is 2.50 bits per heavy atom. The van der Waals surface area contributed by atoms with Crippen LogP contribution in [0.4, 0.5) is 0 Å². The molecule has 0 spiro atoms. The number of rotatable bonds is 5. The zero-order valence-corrected chi connectivity index (χ0v) is 8.58. The average Bonchev–Trinajstić information content (AvgIpc) is 2.49. The van der Waals surface area contributed by atoms with E-state index >= 15 is 0 Å². The van der Waals surface area contributed by atoms with Crippen molar-refractivity contribution in [1.82, 2.24) is 4.98 Å². The van der Waals surface area contributed by atoms with E-state index in [1.54, 1.807) is 0 Å². The summed E-state index contributed by atoms with van der Waals surface area (Å²) in [6, 6.07) is 0. The maximum absolute atomic E-state index is 10.6. The van der Waals surface area contributed by atoms with Gasteiger partial charge in [0.2, 0.25) is 0 Å². The van der Waals surface area contributed by atoms with Crippen molar-refractivity contribution in [2.45, 2.75) is 19.8 Å². The summed E-state index contributed by atoms with van der Waals surface area (Å²) in [5, 5.41) is 11.3. The van der Waals surface area contributed by atoms with E-state index in [4.69, 9.17) is 5.11 Å². The molecule has 1 unspecified atom stereocenters. The van der Waals surface area contributed by atoms with Gasteiger partial charge < -0.3 is 9.90 Å². The summed E-state index contributed by atoms with van der Waals surface area (Å²) in [4.78, 5) is 25.1. The zero-order chi connectivity index (χ0) is 10.6. The summed E-state index contributed by atoms with van der Waals surface area (Å²) >= 11 is 1.50. The second kappa shape index (κ2) is 4.85. The van der Waals surface area contributed by atoms with E-state index in [-0.39, 0.29) is 6.42 Å². The van der Waals surface area contributed by atoms with Crippen molar-refractivity contribution < 1.29 is 14.7 Å². The van der Waals surface area contributed by atoms with Gasteiger partial charge in [0.15, 0.2) is 0 Å². The SMILES string of the molecule is Cc1nc(CC(C=O)CC(=O)O)cs1. The summed E-state index contributed by atoms with van der Waals surface area (Å²) in [5.41, 5.74) is 0.797. The molecule has 1 heterocycles. The predicted molar refractivity (Wildman–Crippen MR) is 52.4 cm³/mol. The largest absolute Gasteiger partial charge is 0.481 e. The van der Waals surface area contributed by atoms with E-state index in [1.165, 1.54) is 11.3 Å². The molecule has 5 heteroatoms. The quantitative estimate of drug-likeness (QED) is 0.748. The Morgan fingerprint density at radius 3 is 2.93 bits per heavy atom. The van der Waals surface area contributed by atoms with Crippen molar-refractivity contribution in [3.8, 4) is 0 Å². The maximum Gasteiger partial charge on any atom is 0.304 e. The van der Waals surface area contributed by atoms with Crippen LogP contribution in [0.15, 0.2) is 5.38 Å². The van der Waals surface area contributed by atoms with Gasteiger partial charge in [-0.2, -0.15) is 0 Å². The van der Waals surface area contributed by atoms with Gasteiger partial charge in [0.1, 0.15) is 6.29 Å². The van der Waals surface area contributed by atoms with E-state index in [9.17, 15) is 9.59 Å². The summed E-state index contributed by atoms with van der Waals surface area (Å²) in [5.74, 6) is -1.41. The van der Waals surface area contributed by atoms with Crippen molar-refractivity contribution in [3.05, 3.63) is 16.1 Å². The summed E-state index contributed by atoms with van der Waals surface area (Å²) in [6.07, 6.45) is 0.975. The Labute approximate surface area is 85.6 Å². The van der Waals surface area contributed by atoms with Gasteiger partial charge >= 0.3 is 5.97 Å². The second-order valence-electron chi connectivity index (χ2n) is 3.06. The molecule has 14 heavy (non-hydrogen) atoms. The van der Waals surface area contributed by atoms with Crippen LogP contribution in [0, 0.1) is 12.8 Å². The Hall–Kier alpha value is -1.23. The number of aldehydes is 1. The molecule has 1 rings (SSSR count). The first kappa shape index (κ1) is 10.8. The number of aliphatic carboxylic acids is 1. The highest BCUT2D eigenvalue weighted by atomic mass is 32.1. The van der Waals surface area contributed by atoms with Gasteiger partial charge in [0.25, 0.3) is 0 Å². The molecule has 0 aliphatic carbocycles. The van der Waals surface area contributed by atoms with Crippen LogP contribution >= 0.6 is 11.3 Å². The monoisotopic (exact) mass is 213 g/mol. The summed E-state index contributed by atoms with van der Waals surface area (Å²) < 4.78 is 0. The number of aryl methyl sites for hydroxylation is 1. The molecule has 1 N–H and O–H groups in total. The van der Waals surface area contributed by atoms with E-state index in [0.29, 0.717) is 12.7 Å². The topological polar surface area (TPSA) is 67.3 Å². The number of carboxylic acid groups (broad SMARTS) is 1. The van der Waals surface area contributed by atoms with E-state index in [1.807, 2.05) is 12.3 Å². The lowest BCUT2D eigenvalue weighted by molar-refractivity contribution is -0.139. The number of carbonyl (C=O) groups is 2. The fraction of sp³-hybridized carbons (Fsp3) is 0.444. The van der Waals surface area contributed by atoms with E-state index in [0.717, 1.165) is 10.7 Å².